The van der Waals surface area contributed by atoms with Gasteiger partial charge in [-0.2, -0.15) is 0 Å². The molecule has 0 spiro atoms. The molecule has 2 unspecified atom stereocenters. The fraction of sp³-hybridized carbons (Fsp3) is 0.500. The predicted molar refractivity (Wildman–Crippen MR) is 61.0 cm³/mol. The van der Waals surface area contributed by atoms with Gasteiger partial charge in [0.15, 0.2) is 11.5 Å². The van der Waals surface area contributed by atoms with Crippen LogP contribution >= 0.6 is 11.6 Å². The molecule has 2 nitrogen and oxygen atoms in total. The first-order valence-corrected chi connectivity index (χ1v) is 5.50. The van der Waals surface area contributed by atoms with Gasteiger partial charge in [-0.25, -0.2) is 0 Å². The molecule has 3 heteroatoms. The van der Waals surface area contributed by atoms with Crippen LogP contribution in [-0.2, 0) is 6.42 Å². The summed E-state index contributed by atoms with van der Waals surface area (Å²) < 4.78 is 10.7. The molecular formula is C12H15ClO2. The molecule has 2 atom stereocenters. The van der Waals surface area contributed by atoms with Crippen LogP contribution in [0.25, 0.3) is 0 Å². The van der Waals surface area contributed by atoms with Gasteiger partial charge >= 0.3 is 0 Å². The Morgan fingerprint density at radius 2 is 2.00 bits per heavy atom. The zero-order chi connectivity index (χ0) is 11.0. The second-order valence-corrected chi connectivity index (χ2v) is 4.42. The van der Waals surface area contributed by atoms with Gasteiger partial charge in [0, 0.05) is 5.56 Å². The van der Waals surface area contributed by atoms with Crippen LogP contribution in [0.4, 0.5) is 0 Å². The molecule has 0 heterocycles. The molecule has 0 saturated carbocycles. The van der Waals surface area contributed by atoms with Crippen LogP contribution in [0.3, 0.4) is 0 Å². The fourth-order valence-electron chi connectivity index (χ4n) is 2.21. The lowest BCUT2D eigenvalue weighted by Gasteiger charge is -2.12. The Hall–Kier alpha value is -0.890. The summed E-state index contributed by atoms with van der Waals surface area (Å²) in [5.74, 6) is 2.09. The van der Waals surface area contributed by atoms with E-state index in [0.717, 1.165) is 17.9 Å². The minimum Gasteiger partial charge on any atom is -0.493 e. The molecule has 2 rings (SSSR count). The molecule has 1 aliphatic carbocycles. The van der Waals surface area contributed by atoms with Gasteiger partial charge in [0.25, 0.3) is 0 Å². The van der Waals surface area contributed by atoms with Crippen molar-refractivity contribution in [3.8, 4) is 11.5 Å². The van der Waals surface area contributed by atoms with Crippen molar-refractivity contribution in [2.24, 2.45) is 5.92 Å². The minimum absolute atomic E-state index is 0.0970. The molecule has 0 amide bonds. The van der Waals surface area contributed by atoms with E-state index >= 15 is 0 Å². The highest BCUT2D eigenvalue weighted by Gasteiger charge is 2.31. The van der Waals surface area contributed by atoms with Crippen molar-refractivity contribution in [1.82, 2.24) is 0 Å². The summed E-state index contributed by atoms with van der Waals surface area (Å²) in [6.45, 7) is 2.16. The molecular weight excluding hydrogens is 212 g/mol. The topological polar surface area (TPSA) is 18.5 Å². The van der Waals surface area contributed by atoms with Gasteiger partial charge in [-0.15, -0.1) is 11.6 Å². The molecule has 1 aromatic rings. The Bertz CT molecular complexity index is 376. The van der Waals surface area contributed by atoms with Crippen molar-refractivity contribution in [1.29, 1.82) is 0 Å². The molecule has 0 radical (unpaired) electrons. The van der Waals surface area contributed by atoms with Crippen molar-refractivity contribution in [3.63, 3.8) is 0 Å². The number of rotatable bonds is 2. The van der Waals surface area contributed by atoms with Gasteiger partial charge < -0.3 is 9.47 Å². The van der Waals surface area contributed by atoms with E-state index in [9.17, 15) is 0 Å². The van der Waals surface area contributed by atoms with E-state index < -0.39 is 0 Å². The lowest BCUT2D eigenvalue weighted by molar-refractivity contribution is 0.351. The number of methoxy groups -OCH3 is 2. The molecule has 0 bridgehead atoms. The minimum atomic E-state index is 0.0970. The summed E-state index contributed by atoms with van der Waals surface area (Å²) in [4.78, 5) is 0. The number of hydrogen-bond acceptors (Lipinski definition) is 2. The van der Waals surface area contributed by atoms with Crippen LogP contribution in [0.1, 0.15) is 23.4 Å². The lowest BCUT2D eigenvalue weighted by atomic mass is 10.1. The molecule has 15 heavy (non-hydrogen) atoms. The second-order valence-electron chi connectivity index (χ2n) is 3.95. The van der Waals surface area contributed by atoms with E-state index in [1.807, 2.05) is 12.1 Å². The first-order chi connectivity index (χ1) is 7.19. The third-order valence-electron chi connectivity index (χ3n) is 3.01. The zero-order valence-electron chi connectivity index (χ0n) is 9.21. The van der Waals surface area contributed by atoms with Crippen molar-refractivity contribution < 1.29 is 9.47 Å². The number of halogens is 1. The maximum absolute atomic E-state index is 6.32. The Kier molecular flexibility index (Phi) is 2.79. The van der Waals surface area contributed by atoms with Crippen LogP contribution < -0.4 is 9.47 Å². The van der Waals surface area contributed by atoms with Gasteiger partial charge in [0.1, 0.15) is 0 Å². The molecule has 0 fully saturated rings. The van der Waals surface area contributed by atoms with Crippen LogP contribution in [0, 0.1) is 5.92 Å². The Morgan fingerprint density at radius 3 is 2.60 bits per heavy atom. The van der Waals surface area contributed by atoms with Gasteiger partial charge in [-0.05, 0) is 24.0 Å². The van der Waals surface area contributed by atoms with Crippen LogP contribution in [0.5, 0.6) is 11.5 Å². The highest BCUT2D eigenvalue weighted by Crippen LogP contribution is 2.47. The monoisotopic (exact) mass is 226 g/mol. The maximum Gasteiger partial charge on any atom is 0.164 e. The summed E-state index contributed by atoms with van der Waals surface area (Å²) in [6, 6.07) is 3.96. The Balaban J connectivity index is 2.54. The van der Waals surface area contributed by atoms with Crippen molar-refractivity contribution in [2.75, 3.05) is 14.2 Å². The SMILES string of the molecule is COc1ccc2c(c1OC)CC(C)C2Cl. The van der Waals surface area contributed by atoms with Crippen LogP contribution in [0.2, 0.25) is 0 Å². The number of benzene rings is 1. The molecule has 0 aliphatic heterocycles. The molecule has 1 aliphatic rings. The van der Waals surface area contributed by atoms with E-state index in [4.69, 9.17) is 21.1 Å². The normalized spacial score (nSPS) is 23.7. The van der Waals surface area contributed by atoms with Crippen molar-refractivity contribution in [3.05, 3.63) is 23.3 Å². The van der Waals surface area contributed by atoms with Crippen molar-refractivity contribution in [2.45, 2.75) is 18.7 Å². The first kappa shape index (κ1) is 10.6. The summed E-state index contributed by atoms with van der Waals surface area (Å²) in [5.41, 5.74) is 2.38. The van der Waals surface area contributed by atoms with E-state index in [0.29, 0.717) is 5.92 Å². The summed E-state index contributed by atoms with van der Waals surface area (Å²) in [5, 5.41) is 0.0970. The maximum atomic E-state index is 6.32. The fourth-order valence-corrected chi connectivity index (χ4v) is 2.50. The summed E-state index contributed by atoms with van der Waals surface area (Å²) in [7, 11) is 3.32. The van der Waals surface area contributed by atoms with E-state index in [2.05, 4.69) is 6.92 Å². The average Bonchev–Trinajstić information content (AvgIpc) is 2.54. The first-order valence-electron chi connectivity index (χ1n) is 5.06. The smallest absolute Gasteiger partial charge is 0.164 e. The second kappa shape index (κ2) is 3.93. The number of hydrogen-bond donors (Lipinski definition) is 0. The summed E-state index contributed by atoms with van der Waals surface area (Å²) in [6.07, 6.45) is 0.962. The summed E-state index contributed by atoms with van der Waals surface area (Å²) >= 11 is 6.32. The zero-order valence-corrected chi connectivity index (χ0v) is 9.97. The molecule has 0 aromatic heterocycles. The Morgan fingerprint density at radius 1 is 1.27 bits per heavy atom. The molecule has 1 aromatic carbocycles. The lowest BCUT2D eigenvalue weighted by Crippen LogP contribution is -1.96. The van der Waals surface area contributed by atoms with Gasteiger partial charge in [0.05, 0.1) is 19.6 Å². The standard InChI is InChI=1S/C12H15ClO2/c1-7-6-9-8(11(7)13)4-5-10(14-2)12(9)15-3/h4-5,7,11H,6H2,1-3H3. The number of ether oxygens (including phenoxy) is 2. The van der Waals surface area contributed by atoms with E-state index in [1.165, 1.54) is 11.1 Å². The third kappa shape index (κ3) is 1.57. The highest BCUT2D eigenvalue weighted by molar-refractivity contribution is 6.21. The van der Waals surface area contributed by atoms with Gasteiger partial charge in [0.2, 0.25) is 0 Å². The molecule has 0 N–H and O–H groups in total. The van der Waals surface area contributed by atoms with E-state index in [1.54, 1.807) is 14.2 Å². The largest absolute Gasteiger partial charge is 0.493 e. The Labute approximate surface area is 95.1 Å². The number of alkyl halides is 1. The third-order valence-corrected chi connectivity index (χ3v) is 3.67. The molecule has 0 saturated heterocycles. The van der Waals surface area contributed by atoms with Gasteiger partial charge in [-0.1, -0.05) is 13.0 Å². The number of fused-ring (bicyclic) bond motifs is 1. The predicted octanol–water partition coefficient (Wildman–Crippen LogP) is 3.18. The average molecular weight is 227 g/mol. The molecule has 82 valence electrons. The highest BCUT2D eigenvalue weighted by atomic mass is 35.5. The van der Waals surface area contributed by atoms with Gasteiger partial charge in [-0.3, -0.25) is 0 Å². The van der Waals surface area contributed by atoms with Crippen LogP contribution in [0.15, 0.2) is 12.1 Å². The van der Waals surface area contributed by atoms with Crippen LogP contribution in [-0.4, -0.2) is 14.2 Å². The quantitative estimate of drug-likeness (QED) is 0.722. The van der Waals surface area contributed by atoms with Crippen molar-refractivity contribution >= 4 is 11.6 Å². The van der Waals surface area contributed by atoms with E-state index in [-0.39, 0.29) is 5.38 Å².